The van der Waals surface area contributed by atoms with E-state index in [1.165, 1.54) is 41.5 Å². The van der Waals surface area contributed by atoms with Crippen molar-refractivity contribution in [3.63, 3.8) is 0 Å². The number of furan rings is 1. The maximum Gasteiger partial charge on any atom is 0.185 e. The molecule has 0 saturated carbocycles. The highest BCUT2D eigenvalue weighted by molar-refractivity contribution is 7.23. The summed E-state index contributed by atoms with van der Waals surface area (Å²) >= 11 is 0. The van der Waals surface area contributed by atoms with Gasteiger partial charge in [0, 0.05) is 41.0 Å². The van der Waals surface area contributed by atoms with E-state index in [1.54, 1.807) is 0 Å². The molecule has 322 valence electrons. The number of imidazole rings is 1. The Kier molecular flexibility index (Phi) is 9.35. The molecule has 4 heterocycles. The lowest BCUT2D eigenvalue weighted by molar-refractivity contribution is 0.671. The second-order valence-corrected chi connectivity index (χ2v) is 25.2. The number of nitrogens with zero attached hydrogens (tertiary/aromatic N) is 4. The molecule has 3 aromatic heterocycles. The predicted molar refractivity (Wildman–Crippen MR) is 287 cm³/mol. The summed E-state index contributed by atoms with van der Waals surface area (Å²) < 4.78 is 9.82. The zero-order valence-corrected chi connectivity index (χ0v) is 39.4. The first kappa shape index (κ1) is 40.0. The van der Waals surface area contributed by atoms with Crippen molar-refractivity contribution < 1.29 is 4.42 Å². The first-order chi connectivity index (χ1) is 33.7. The van der Waals surface area contributed by atoms with Gasteiger partial charge >= 0.3 is 0 Å². The van der Waals surface area contributed by atoms with Crippen LogP contribution in [-0.4, -0.2) is 30.7 Å². The van der Waals surface area contributed by atoms with Crippen molar-refractivity contribution in [2.75, 3.05) is 4.90 Å². The smallest absolute Gasteiger partial charge is 0.185 e. The minimum absolute atomic E-state index is 0.860. The van der Waals surface area contributed by atoms with Gasteiger partial charge in [0.25, 0.3) is 0 Å². The zero-order valence-electron chi connectivity index (χ0n) is 37.4. The number of pyridine rings is 1. The van der Waals surface area contributed by atoms with Crippen molar-refractivity contribution in [1.29, 1.82) is 0 Å². The van der Waals surface area contributed by atoms with Crippen molar-refractivity contribution in [1.82, 2.24) is 14.5 Å². The van der Waals surface area contributed by atoms with Gasteiger partial charge in [-0.2, -0.15) is 0 Å². The number of aromatic nitrogens is 3. The normalized spacial score (nSPS) is 13.2. The molecule has 0 atom stereocenters. The van der Waals surface area contributed by atoms with E-state index in [9.17, 15) is 0 Å². The molecule has 0 amide bonds. The summed E-state index contributed by atoms with van der Waals surface area (Å²) in [5.41, 5.74) is 7.16. The van der Waals surface area contributed by atoms with Crippen molar-refractivity contribution >= 4 is 108 Å². The number of aryl methyl sites for hydroxylation is 1. The van der Waals surface area contributed by atoms with E-state index in [1.807, 2.05) is 12.3 Å². The summed E-state index contributed by atoms with van der Waals surface area (Å²) in [5, 5.41) is 12.4. The van der Waals surface area contributed by atoms with Crippen LogP contribution < -0.4 is 46.4 Å². The molecular formula is C61H44N4OSi2. The van der Waals surface area contributed by atoms with Crippen molar-refractivity contribution in [3.8, 4) is 11.4 Å². The Morgan fingerprint density at radius 1 is 0.515 bits per heavy atom. The molecule has 7 heteroatoms. The van der Waals surface area contributed by atoms with E-state index in [4.69, 9.17) is 14.4 Å². The van der Waals surface area contributed by atoms with Crippen LogP contribution in [0.2, 0.25) is 0 Å². The molecule has 0 spiro atoms. The highest BCUT2D eigenvalue weighted by Gasteiger charge is 2.53. The molecule has 68 heavy (non-hydrogen) atoms. The number of hydrogen-bond acceptors (Lipinski definition) is 4. The van der Waals surface area contributed by atoms with Crippen LogP contribution in [0.25, 0.3) is 44.4 Å². The highest BCUT2D eigenvalue weighted by Crippen LogP contribution is 2.42. The molecule has 5 nitrogen and oxygen atoms in total. The third-order valence-corrected chi connectivity index (χ3v) is 23.9. The Balaban J connectivity index is 1.26. The minimum atomic E-state index is -3.40. The third kappa shape index (κ3) is 5.79. The number of anilines is 3. The Hall–Kier alpha value is -8.37. The van der Waals surface area contributed by atoms with Gasteiger partial charge in [0.05, 0.1) is 11.0 Å². The van der Waals surface area contributed by atoms with Crippen molar-refractivity contribution in [2.45, 2.75) is 0 Å². The lowest BCUT2D eigenvalue weighted by atomic mass is 10.1. The first-order valence-electron chi connectivity index (χ1n) is 23.2. The molecular weight excluding hydrogens is 861 g/mol. The summed E-state index contributed by atoms with van der Waals surface area (Å²) in [5.74, 6) is 1.79. The van der Waals surface area contributed by atoms with Crippen LogP contribution in [0.3, 0.4) is 0 Å². The monoisotopic (exact) mass is 904 g/mol. The number of para-hydroxylation sites is 4. The fraction of sp³-hybridized carbons (Fsp3) is 0.0164. The third-order valence-electron chi connectivity index (χ3n) is 14.2. The van der Waals surface area contributed by atoms with Gasteiger partial charge in [0.2, 0.25) is 0 Å². The molecule has 0 bridgehead atoms. The van der Waals surface area contributed by atoms with E-state index in [2.05, 4.69) is 253 Å². The number of benzene rings is 9. The van der Waals surface area contributed by atoms with Crippen LogP contribution in [-0.2, 0) is 7.05 Å². The van der Waals surface area contributed by atoms with Crippen molar-refractivity contribution in [3.05, 3.63) is 249 Å². The van der Waals surface area contributed by atoms with Crippen LogP contribution in [0.1, 0.15) is 0 Å². The van der Waals surface area contributed by atoms with E-state index in [0.717, 1.165) is 61.6 Å². The molecule has 0 unspecified atom stereocenters. The predicted octanol–water partition coefficient (Wildman–Crippen LogP) is 9.07. The molecule has 13 rings (SSSR count). The molecule has 1 aliphatic rings. The summed E-state index contributed by atoms with van der Waals surface area (Å²) in [6.07, 6.45) is 1.91. The minimum Gasteiger partial charge on any atom is -0.456 e. The molecule has 1 aliphatic heterocycles. The molecule has 12 aromatic rings. The topological polar surface area (TPSA) is 47.1 Å². The summed E-state index contributed by atoms with van der Waals surface area (Å²) in [6.45, 7) is 0. The lowest BCUT2D eigenvalue weighted by Gasteiger charge is -2.46. The van der Waals surface area contributed by atoms with E-state index in [0.29, 0.717) is 0 Å². The summed E-state index contributed by atoms with van der Waals surface area (Å²) in [7, 11) is -4.49. The van der Waals surface area contributed by atoms with E-state index < -0.39 is 16.1 Å². The largest absolute Gasteiger partial charge is 0.456 e. The van der Waals surface area contributed by atoms with Gasteiger partial charge < -0.3 is 8.98 Å². The zero-order chi connectivity index (χ0) is 45.2. The van der Waals surface area contributed by atoms with Gasteiger partial charge in [-0.05, 0) is 84.0 Å². The Morgan fingerprint density at radius 2 is 1.12 bits per heavy atom. The first-order valence-corrected chi connectivity index (χ1v) is 27.2. The van der Waals surface area contributed by atoms with Gasteiger partial charge in [-0.15, -0.1) is 0 Å². The summed E-state index contributed by atoms with van der Waals surface area (Å²) in [6, 6.07) is 89.1. The molecule has 9 aromatic carbocycles. The average Bonchev–Trinajstić information content (AvgIpc) is 3.97. The van der Waals surface area contributed by atoms with Crippen LogP contribution >= 0.6 is 0 Å². The lowest BCUT2D eigenvalue weighted by Crippen LogP contribution is -2.78. The Bertz CT molecular complexity index is 3740. The van der Waals surface area contributed by atoms with E-state index in [-0.39, 0.29) is 0 Å². The van der Waals surface area contributed by atoms with Crippen LogP contribution in [0.4, 0.5) is 17.2 Å². The highest BCUT2D eigenvalue weighted by atomic mass is 28.3. The maximum absolute atomic E-state index is 7.59. The molecule has 0 fully saturated rings. The second-order valence-electron chi connectivity index (χ2n) is 17.7. The maximum atomic E-state index is 7.59. The van der Waals surface area contributed by atoms with Crippen LogP contribution in [0.5, 0.6) is 0 Å². The molecule has 0 saturated heterocycles. The van der Waals surface area contributed by atoms with Gasteiger partial charge in [-0.25, -0.2) is 9.97 Å². The van der Waals surface area contributed by atoms with Gasteiger partial charge in [0.15, 0.2) is 16.1 Å². The van der Waals surface area contributed by atoms with Crippen LogP contribution in [0, 0.1) is 0 Å². The quantitative estimate of drug-likeness (QED) is 0.113. The molecule has 0 N–H and O–H groups in total. The Morgan fingerprint density at radius 3 is 1.81 bits per heavy atom. The van der Waals surface area contributed by atoms with Crippen LogP contribution in [0.15, 0.2) is 253 Å². The molecule has 0 aliphatic carbocycles. The number of hydrogen-bond donors (Lipinski definition) is 0. The number of rotatable bonds is 8. The van der Waals surface area contributed by atoms with Gasteiger partial charge in [0.1, 0.15) is 22.8 Å². The van der Waals surface area contributed by atoms with E-state index >= 15 is 0 Å². The SMILES string of the molecule is Cn1c(-c2cccc([Si](c3ccccc3)(c3ccccc3)c3cc4c(c5c3oc3ccccc35)[Si](c3ccccc3)(c3ccccc3)c3ccccc3N4c3ccccn3)c2)nc2ccccc21. The Labute approximate surface area is 396 Å². The summed E-state index contributed by atoms with van der Waals surface area (Å²) in [4.78, 5) is 12.9. The average molecular weight is 905 g/mol. The number of fused-ring (bicyclic) bond motifs is 7. The van der Waals surface area contributed by atoms with Crippen molar-refractivity contribution in [2.24, 2.45) is 7.05 Å². The fourth-order valence-corrected chi connectivity index (χ4v) is 21.7. The molecule has 0 radical (unpaired) electrons. The van der Waals surface area contributed by atoms with Gasteiger partial charge in [-0.1, -0.05) is 200 Å². The second kappa shape index (κ2) is 15.9. The van der Waals surface area contributed by atoms with Gasteiger partial charge in [-0.3, -0.25) is 4.90 Å². The fourth-order valence-electron chi connectivity index (χ4n) is 11.5. The standard InChI is InChI=1S/C61H44N4OSi2/c1-64-51-35-16-15-34-50(51)63-61(64)43-23-22-32-48(41-43)67(44-24-6-2-7-25-44,45-26-8-3-9-27-45)56-42-53-60(58-49-33-14-18-37-54(49)66-59(56)58)68(46-28-10-4-11-29-46,47-30-12-5-13-31-47)55-38-19-17-36-52(55)65(53)57-39-20-21-40-62-57/h2-42H,1H3.